The first-order chi connectivity index (χ1) is 24.7. The third-order valence-electron chi connectivity index (χ3n) is 10.7. The molecule has 0 spiro atoms. The molecular weight excluding hydrogens is 607 g/mol. The zero-order chi connectivity index (χ0) is 33.2. The lowest BCUT2D eigenvalue weighted by atomic mass is 9.74. The minimum absolute atomic E-state index is 0.392. The number of rotatable bonds is 5. The van der Waals surface area contributed by atoms with Gasteiger partial charge in [0.1, 0.15) is 11.2 Å². The summed E-state index contributed by atoms with van der Waals surface area (Å²) in [6.45, 7) is 2.38. The monoisotopic (exact) mass is 639 g/mol. The molecule has 1 aliphatic carbocycles. The van der Waals surface area contributed by atoms with E-state index in [-0.39, 0.29) is 0 Å². The van der Waals surface area contributed by atoms with Crippen molar-refractivity contribution >= 4 is 49.8 Å². The lowest BCUT2D eigenvalue weighted by Crippen LogP contribution is -2.22. The Morgan fingerprint density at radius 3 is 1.96 bits per heavy atom. The van der Waals surface area contributed by atoms with E-state index in [0.717, 1.165) is 39.0 Å². The highest BCUT2D eigenvalue weighted by molar-refractivity contribution is 6.12. The Balaban J connectivity index is 1.23. The first-order valence-electron chi connectivity index (χ1n) is 17.3. The van der Waals surface area contributed by atoms with Crippen molar-refractivity contribution in [3.8, 4) is 22.3 Å². The fourth-order valence-corrected chi connectivity index (χ4v) is 8.27. The van der Waals surface area contributed by atoms with E-state index in [9.17, 15) is 0 Å². The van der Waals surface area contributed by atoms with Gasteiger partial charge in [-0.05, 0) is 82.1 Å². The summed E-state index contributed by atoms with van der Waals surface area (Å²) in [6, 6.07) is 65.7. The Hall–Kier alpha value is -6.38. The number of nitrogens with zero attached hydrogens (tertiary/aromatic N) is 1. The van der Waals surface area contributed by atoms with E-state index in [1.807, 2.05) is 6.07 Å². The van der Waals surface area contributed by atoms with Crippen LogP contribution in [0.2, 0.25) is 0 Å². The highest BCUT2D eigenvalue weighted by Gasteiger charge is 2.43. The van der Waals surface area contributed by atoms with E-state index in [2.05, 4.69) is 188 Å². The molecule has 0 amide bonds. The van der Waals surface area contributed by atoms with E-state index in [1.165, 1.54) is 49.7 Å². The van der Waals surface area contributed by atoms with Crippen molar-refractivity contribution in [2.75, 3.05) is 4.90 Å². The van der Waals surface area contributed by atoms with Crippen LogP contribution in [0.1, 0.15) is 23.6 Å². The van der Waals surface area contributed by atoms with Crippen LogP contribution in [0.3, 0.4) is 0 Å². The smallest absolute Gasteiger partial charge is 0.143 e. The van der Waals surface area contributed by atoms with Gasteiger partial charge >= 0.3 is 0 Å². The largest absolute Gasteiger partial charge is 0.455 e. The van der Waals surface area contributed by atoms with E-state index in [4.69, 9.17) is 4.42 Å². The second-order valence-corrected chi connectivity index (χ2v) is 13.4. The number of para-hydroxylation sites is 1. The van der Waals surface area contributed by atoms with Crippen LogP contribution in [0.15, 0.2) is 186 Å². The fraction of sp³-hybridized carbons (Fsp3) is 0.0417. The predicted molar refractivity (Wildman–Crippen MR) is 209 cm³/mol. The average Bonchev–Trinajstić information content (AvgIpc) is 3.69. The van der Waals surface area contributed by atoms with Crippen LogP contribution in [-0.2, 0) is 5.41 Å². The summed E-state index contributed by atoms with van der Waals surface area (Å²) in [7, 11) is 0. The average molecular weight is 640 g/mol. The third kappa shape index (κ3) is 4.22. The molecule has 1 unspecified atom stereocenters. The van der Waals surface area contributed by atoms with Crippen LogP contribution in [0.5, 0.6) is 0 Å². The van der Waals surface area contributed by atoms with Crippen LogP contribution >= 0.6 is 0 Å². The second kappa shape index (κ2) is 11.1. The zero-order valence-electron chi connectivity index (χ0n) is 27.7. The SMILES string of the molecule is CC1(c2ccccc2)c2cc(N(c3ccc(-c4ccccc4)cc3)c3cccc4ccccc34)ccc2-c2c1ccc1c2oc2ccccc21. The highest BCUT2D eigenvalue weighted by Crippen LogP contribution is 2.56. The highest BCUT2D eigenvalue weighted by atomic mass is 16.3. The molecule has 0 bridgehead atoms. The molecule has 0 N–H and O–H groups in total. The number of hydrogen-bond acceptors (Lipinski definition) is 2. The lowest BCUT2D eigenvalue weighted by molar-refractivity contribution is 0.667. The van der Waals surface area contributed by atoms with Gasteiger partial charge in [0.2, 0.25) is 0 Å². The molecule has 2 nitrogen and oxygen atoms in total. The predicted octanol–water partition coefficient (Wildman–Crippen LogP) is 13.2. The summed E-state index contributed by atoms with van der Waals surface area (Å²) in [6.07, 6.45) is 0. The Bertz CT molecular complexity index is 2700. The van der Waals surface area contributed by atoms with Gasteiger partial charge < -0.3 is 9.32 Å². The van der Waals surface area contributed by atoms with Crippen molar-refractivity contribution in [3.05, 3.63) is 199 Å². The summed E-state index contributed by atoms with van der Waals surface area (Å²) < 4.78 is 6.68. The van der Waals surface area contributed by atoms with Gasteiger partial charge in [0.05, 0.1) is 5.69 Å². The molecule has 0 saturated carbocycles. The summed E-state index contributed by atoms with van der Waals surface area (Å²) in [5, 5.41) is 4.73. The third-order valence-corrected chi connectivity index (χ3v) is 10.7. The Kier molecular flexibility index (Phi) is 6.34. The summed E-state index contributed by atoms with van der Waals surface area (Å²) >= 11 is 0. The number of anilines is 3. The van der Waals surface area contributed by atoms with E-state index in [1.54, 1.807) is 0 Å². The molecule has 1 atom stereocenters. The molecule has 0 aliphatic heterocycles. The Morgan fingerprint density at radius 1 is 0.480 bits per heavy atom. The van der Waals surface area contributed by atoms with Crippen molar-refractivity contribution in [2.45, 2.75) is 12.3 Å². The van der Waals surface area contributed by atoms with Crippen LogP contribution in [0, 0.1) is 0 Å². The maximum atomic E-state index is 6.68. The van der Waals surface area contributed by atoms with Gasteiger partial charge in [-0.15, -0.1) is 0 Å². The number of benzene rings is 8. The number of furan rings is 1. The molecule has 2 heteroatoms. The molecular formula is C48H33NO. The van der Waals surface area contributed by atoms with Crippen LogP contribution < -0.4 is 4.90 Å². The number of fused-ring (bicyclic) bond motifs is 8. The molecule has 1 aliphatic rings. The molecule has 1 heterocycles. The van der Waals surface area contributed by atoms with Crippen LogP contribution in [0.4, 0.5) is 17.1 Å². The Labute approximate surface area is 291 Å². The summed E-state index contributed by atoms with van der Waals surface area (Å²) in [5.74, 6) is 0. The van der Waals surface area contributed by atoms with E-state index < -0.39 is 5.41 Å². The molecule has 0 radical (unpaired) electrons. The minimum Gasteiger partial charge on any atom is -0.455 e. The molecule has 0 saturated heterocycles. The zero-order valence-corrected chi connectivity index (χ0v) is 27.7. The van der Waals surface area contributed by atoms with Crippen molar-refractivity contribution in [1.82, 2.24) is 0 Å². The molecule has 8 aromatic carbocycles. The summed E-state index contributed by atoms with van der Waals surface area (Å²) in [5.41, 5.74) is 13.5. The van der Waals surface area contributed by atoms with Gasteiger partial charge in [0.25, 0.3) is 0 Å². The molecule has 1 aromatic heterocycles. The minimum atomic E-state index is -0.392. The molecule has 10 rings (SSSR count). The quantitative estimate of drug-likeness (QED) is 0.186. The molecule has 9 aromatic rings. The van der Waals surface area contributed by atoms with Gasteiger partial charge in [-0.1, -0.05) is 146 Å². The van der Waals surface area contributed by atoms with Gasteiger partial charge in [-0.3, -0.25) is 0 Å². The molecule has 236 valence electrons. The maximum absolute atomic E-state index is 6.68. The summed E-state index contributed by atoms with van der Waals surface area (Å²) in [4.78, 5) is 2.42. The second-order valence-electron chi connectivity index (χ2n) is 13.4. The van der Waals surface area contributed by atoms with Gasteiger partial charge in [-0.2, -0.15) is 0 Å². The van der Waals surface area contributed by atoms with Crippen LogP contribution in [-0.4, -0.2) is 0 Å². The van der Waals surface area contributed by atoms with Crippen LogP contribution in [0.25, 0.3) is 55.0 Å². The van der Waals surface area contributed by atoms with E-state index in [0.29, 0.717) is 0 Å². The van der Waals surface area contributed by atoms with Gasteiger partial charge in [-0.25, -0.2) is 0 Å². The maximum Gasteiger partial charge on any atom is 0.143 e. The normalized spacial score (nSPS) is 15.0. The standard InChI is InChI=1S/C48H33NO/c1-48(35-17-6-3-7-18-35)42-30-29-40-39-20-10-11-22-45(39)50-47(40)46(42)41-28-27-37(31-43(41)48)49(44-21-12-16-34-15-8-9-19-38(34)44)36-25-23-33(24-26-36)32-13-4-2-5-14-32/h2-31H,1H3. The molecule has 0 fully saturated rings. The topological polar surface area (TPSA) is 16.4 Å². The van der Waals surface area contributed by atoms with Crippen molar-refractivity contribution in [2.24, 2.45) is 0 Å². The first kappa shape index (κ1) is 28.6. The fourth-order valence-electron chi connectivity index (χ4n) is 8.27. The lowest BCUT2D eigenvalue weighted by Gasteiger charge is -2.31. The van der Waals surface area contributed by atoms with E-state index >= 15 is 0 Å². The molecule has 50 heavy (non-hydrogen) atoms. The number of hydrogen-bond donors (Lipinski definition) is 0. The van der Waals surface area contributed by atoms with Gasteiger partial charge in [0.15, 0.2) is 0 Å². The van der Waals surface area contributed by atoms with Crippen molar-refractivity contribution in [1.29, 1.82) is 0 Å². The van der Waals surface area contributed by atoms with Crippen molar-refractivity contribution < 1.29 is 4.42 Å². The first-order valence-corrected chi connectivity index (χ1v) is 17.3. The van der Waals surface area contributed by atoms with Crippen molar-refractivity contribution in [3.63, 3.8) is 0 Å². The van der Waals surface area contributed by atoms with Gasteiger partial charge in [0, 0.05) is 38.5 Å². The Morgan fingerprint density at radius 2 is 1.14 bits per heavy atom.